The lowest BCUT2D eigenvalue weighted by Gasteiger charge is -2.12. The standard InChI is InChI=1S/C29H28ClN3O7S/c1-4-39-29(37)24-20-10-5-6-11-23(20)41-27(24)31-25(34)26(35)33-32-16(2)17-12-13-21(22(15-17)38-3)40-28(36)18-8-7-9-19(30)14-18/h7-9,12-15H,4-6,10-11H2,1-3H3,(H,31,34)(H,33,35). The van der Waals surface area contributed by atoms with Crippen molar-refractivity contribution in [1.82, 2.24) is 5.43 Å². The van der Waals surface area contributed by atoms with E-state index in [1.54, 1.807) is 44.2 Å². The molecule has 0 unspecified atom stereocenters. The van der Waals surface area contributed by atoms with Gasteiger partial charge in [0.05, 0.1) is 30.6 Å². The second kappa shape index (κ2) is 13.4. The molecule has 1 aliphatic rings. The lowest BCUT2D eigenvalue weighted by atomic mass is 9.95. The van der Waals surface area contributed by atoms with E-state index in [-0.39, 0.29) is 23.7 Å². The van der Waals surface area contributed by atoms with Crippen molar-refractivity contribution in [3.05, 3.63) is 74.6 Å². The van der Waals surface area contributed by atoms with E-state index in [0.29, 0.717) is 33.3 Å². The zero-order valence-electron chi connectivity index (χ0n) is 22.7. The van der Waals surface area contributed by atoms with E-state index >= 15 is 0 Å². The summed E-state index contributed by atoms with van der Waals surface area (Å²) in [5.74, 6) is -2.68. The molecule has 0 radical (unpaired) electrons. The van der Waals surface area contributed by atoms with Gasteiger partial charge < -0.3 is 19.5 Å². The van der Waals surface area contributed by atoms with Gasteiger partial charge in [0, 0.05) is 15.5 Å². The van der Waals surface area contributed by atoms with Crippen LogP contribution in [0.25, 0.3) is 0 Å². The largest absolute Gasteiger partial charge is 0.493 e. The Morgan fingerprint density at radius 1 is 0.976 bits per heavy atom. The van der Waals surface area contributed by atoms with Gasteiger partial charge in [-0.2, -0.15) is 5.10 Å². The van der Waals surface area contributed by atoms with Crippen molar-refractivity contribution < 1.29 is 33.4 Å². The van der Waals surface area contributed by atoms with Crippen LogP contribution >= 0.6 is 22.9 Å². The Hall–Kier alpha value is -4.22. The number of thiophene rings is 1. The summed E-state index contributed by atoms with van der Waals surface area (Å²) in [6, 6.07) is 11.1. The van der Waals surface area contributed by atoms with Gasteiger partial charge in [-0.1, -0.05) is 17.7 Å². The predicted octanol–water partition coefficient (Wildman–Crippen LogP) is 5.16. The normalized spacial score (nSPS) is 12.6. The molecule has 2 amide bonds. The molecule has 2 aromatic carbocycles. The average molecular weight is 598 g/mol. The second-order valence-corrected chi connectivity index (χ2v) is 10.5. The van der Waals surface area contributed by atoms with Crippen molar-refractivity contribution in [3.63, 3.8) is 0 Å². The molecule has 0 spiro atoms. The summed E-state index contributed by atoms with van der Waals surface area (Å²) in [6.45, 7) is 3.53. The number of halogens is 1. The number of hydrogen-bond donors (Lipinski definition) is 2. The summed E-state index contributed by atoms with van der Waals surface area (Å²) < 4.78 is 16.0. The number of amides is 2. The number of nitrogens with zero attached hydrogens (tertiary/aromatic N) is 1. The Balaban J connectivity index is 1.44. The first-order valence-corrected chi connectivity index (χ1v) is 14.0. The molecule has 0 fully saturated rings. The smallest absolute Gasteiger partial charge is 0.343 e. The summed E-state index contributed by atoms with van der Waals surface area (Å²) in [7, 11) is 1.42. The number of benzene rings is 2. The fourth-order valence-corrected chi connectivity index (χ4v) is 5.70. The van der Waals surface area contributed by atoms with Gasteiger partial charge in [0.15, 0.2) is 11.5 Å². The molecule has 10 nitrogen and oxygen atoms in total. The van der Waals surface area contributed by atoms with Crippen LogP contribution < -0.4 is 20.2 Å². The van der Waals surface area contributed by atoms with Gasteiger partial charge in [0.2, 0.25) is 0 Å². The second-order valence-electron chi connectivity index (χ2n) is 8.99. The molecule has 3 aromatic rings. The highest BCUT2D eigenvalue weighted by Gasteiger charge is 2.28. The third kappa shape index (κ3) is 7.11. The van der Waals surface area contributed by atoms with Crippen molar-refractivity contribution in [3.8, 4) is 11.5 Å². The highest BCUT2D eigenvalue weighted by atomic mass is 35.5. The summed E-state index contributed by atoms with van der Waals surface area (Å²) in [4.78, 5) is 51.4. The molecule has 41 heavy (non-hydrogen) atoms. The zero-order valence-corrected chi connectivity index (χ0v) is 24.2. The summed E-state index contributed by atoms with van der Waals surface area (Å²) in [5.41, 5.74) is 4.60. The van der Waals surface area contributed by atoms with Crippen molar-refractivity contribution in [2.45, 2.75) is 39.5 Å². The first-order chi connectivity index (χ1) is 19.7. The van der Waals surface area contributed by atoms with E-state index in [1.807, 2.05) is 0 Å². The number of carbonyl (C=O) groups excluding carboxylic acids is 4. The van der Waals surface area contributed by atoms with Gasteiger partial charge in [-0.3, -0.25) is 9.59 Å². The molecule has 0 saturated carbocycles. The Labute approximate surface area is 245 Å². The van der Waals surface area contributed by atoms with Gasteiger partial charge in [-0.25, -0.2) is 15.0 Å². The van der Waals surface area contributed by atoms with Crippen LogP contribution in [0.3, 0.4) is 0 Å². The lowest BCUT2D eigenvalue weighted by Crippen LogP contribution is -2.33. The Kier molecular flexibility index (Phi) is 9.74. The minimum Gasteiger partial charge on any atom is -0.493 e. The van der Waals surface area contributed by atoms with E-state index in [0.717, 1.165) is 29.7 Å². The van der Waals surface area contributed by atoms with E-state index in [2.05, 4.69) is 15.8 Å². The highest BCUT2D eigenvalue weighted by molar-refractivity contribution is 7.17. The first-order valence-electron chi connectivity index (χ1n) is 12.8. The molecule has 2 N–H and O–H groups in total. The van der Waals surface area contributed by atoms with E-state index < -0.39 is 23.8 Å². The summed E-state index contributed by atoms with van der Waals surface area (Å²) in [5, 5.41) is 7.27. The van der Waals surface area contributed by atoms with Crippen LogP contribution in [0.1, 0.15) is 63.4 Å². The fourth-order valence-electron chi connectivity index (χ4n) is 4.23. The van der Waals surface area contributed by atoms with Gasteiger partial charge in [-0.15, -0.1) is 11.3 Å². The Bertz CT molecular complexity index is 1530. The van der Waals surface area contributed by atoms with Gasteiger partial charge in [0.1, 0.15) is 5.00 Å². The van der Waals surface area contributed by atoms with Crippen molar-refractivity contribution >= 4 is 57.4 Å². The minimum absolute atomic E-state index is 0.175. The molecule has 4 rings (SSSR count). The molecule has 1 aliphatic carbocycles. The van der Waals surface area contributed by atoms with E-state index in [9.17, 15) is 19.2 Å². The maximum atomic E-state index is 12.7. The molecule has 0 bridgehead atoms. The van der Waals surface area contributed by atoms with Gasteiger partial charge >= 0.3 is 23.8 Å². The van der Waals surface area contributed by atoms with Crippen molar-refractivity contribution in [2.24, 2.45) is 5.10 Å². The topological polar surface area (TPSA) is 132 Å². The van der Waals surface area contributed by atoms with Crippen LogP contribution in [0.4, 0.5) is 5.00 Å². The van der Waals surface area contributed by atoms with Crippen LogP contribution in [0, 0.1) is 0 Å². The molecule has 0 aliphatic heterocycles. The number of aryl methyl sites for hydroxylation is 1. The van der Waals surface area contributed by atoms with Crippen molar-refractivity contribution in [1.29, 1.82) is 0 Å². The SMILES string of the molecule is CCOC(=O)c1c(NC(=O)C(=O)NN=C(C)c2ccc(OC(=O)c3cccc(Cl)c3)c(OC)c2)sc2c1CCCC2. The van der Waals surface area contributed by atoms with Crippen LogP contribution in [0.15, 0.2) is 47.6 Å². The zero-order chi connectivity index (χ0) is 29.5. The third-order valence-electron chi connectivity index (χ3n) is 6.25. The Morgan fingerprint density at radius 3 is 2.49 bits per heavy atom. The number of esters is 2. The maximum Gasteiger partial charge on any atom is 0.343 e. The fraction of sp³-hybridized carbons (Fsp3) is 0.276. The molecule has 0 atom stereocenters. The van der Waals surface area contributed by atoms with Crippen molar-refractivity contribution in [2.75, 3.05) is 19.0 Å². The van der Waals surface area contributed by atoms with E-state index in [4.69, 9.17) is 25.8 Å². The van der Waals surface area contributed by atoms with Gasteiger partial charge in [-0.05, 0) is 81.5 Å². The van der Waals surface area contributed by atoms with Crippen LogP contribution in [0.2, 0.25) is 5.02 Å². The van der Waals surface area contributed by atoms with E-state index in [1.165, 1.54) is 30.6 Å². The number of methoxy groups -OCH3 is 1. The molecular weight excluding hydrogens is 570 g/mol. The first kappa shape index (κ1) is 29.8. The van der Waals surface area contributed by atoms with Crippen LogP contribution in [-0.2, 0) is 27.2 Å². The molecule has 1 heterocycles. The quantitative estimate of drug-likeness (QED) is 0.120. The summed E-state index contributed by atoms with van der Waals surface area (Å²) in [6.07, 6.45) is 3.45. The number of rotatable bonds is 8. The number of nitrogens with one attached hydrogen (secondary N) is 2. The van der Waals surface area contributed by atoms with Crippen LogP contribution in [0.5, 0.6) is 11.5 Å². The number of hydrazone groups is 1. The molecule has 214 valence electrons. The number of ether oxygens (including phenoxy) is 3. The number of anilines is 1. The predicted molar refractivity (Wildman–Crippen MR) is 155 cm³/mol. The number of fused-ring (bicyclic) bond motifs is 1. The highest BCUT2D eigenvalue weighted by Crippen LogP contribution is 2.38. The average Bonchev–Trinajstić information content (AvgIpc) is 3.33. The van der Waals surface area contributed by atoms with Crippen LogP contribution in [-0.4, -0.2) is 43.2 Å². The molecule has 1 aromatic heterocycles. The minimum atomic E-state index is -1.01. The maximum absolute atomic E-state index is 12.7. The third-order valence-corrected chi connectivity index (χ3v) is 7.70. The number of hydrogen-bond acceptors (Lipinski definition) is 9. The summed E-state index contributed by atoms with van der Waals surface area (Å²) >= 11 is 7.24. The number of carbonyl (C=O) groups is 4. The lowest BCUT2D eigenvalue weighted by molar-refractivity contribution is -0.136. The monoisotopic (exact) mass is 597 g/mol. The molecule has 12 heteroatoms. The Morgan fingerprint density at radius 2 is 1.76 bits per heavy atom. The molecular formula is C29H28ClN3O7S. The van der Waals surface area contributed by atoms with Gasteiger partial charge in [0.25, 0.3) is 0 Å². The molecule has 0 saturated heterocycles.